The molecular formula is C24H35FN4O5. The summed E-state index contributed by atoms with van der Waals surface area (Å²) in [7, 11) is 2.00. The number of rotatable bonds is 5. The molecule has 1 aromatic rings. The summed E-state index contributed by atoms with van der Waals surface area (Å²) in [6.45, 7) is 2.83. The number of carboxylic acid groups (broad SMARTS) is 1. The van der Waals surface area contributed by atoms with Crippen molar-refractivity contribution in [1.82, 2.24) is 15.1 Å². The van der Waals surface area contributed by atoms with Crippen molar-refractivity contribution in [3.63, 3.8) is 0 Å². The number of hydrogen-bond donors (Lipinski definition) is 4. The fourth-order valence-electron chi connectivity index (χ4n) is 5.47. The number of anilines is 1. The molecule has 2 aliphatic heterocycles. The molecule has 34 heavy (non-hydrogen) atoms. The Balaban J connectivity index is 0.00000103. The molecule has 1 saturated carbocycles. The van der Waals surface area contributed by atoms with E-state index in [1.165, 1.54) is 12.1 Å². The minimum absolute atomic E-state index is 0.00146. The second-order valence-electron chi connectivity index (χ2n) is 9.61. The quantitative estimate of drug-likeness (QED) is 0.466. The van der Waals surface area contributed by atoms with Crippen LogP contribution in [0.4, 0.5) is 10.1 Å². The first-order valence-corrected chi connectivity index (χ1v) is 11.8. The van der Waals surface area contributed by atoms with E-state index in [1.54, 1.807) is 12.1 Å². The number of likely N-dealkylation sites (tertiary alicyclic amines) is 2. The predicted molar refractivity (Wildman–Crippen MR) is 125 cm³/mol. The molecule has 4 rings (SSSR count). The van der Waals surface area contributed by atoms with Gasteiger partial charge in [-0.05, 0) is 68.8 Å². The summed E-state index contributed by atoms with van der Waals surface area (Å²) in [4.78, 5) is 38.0. The SMILES string of the molecule is CN1C[C@@H](NC(=O)CNc2ccc(F)cc2)CC[C@@H](C(=O)N2C[C@H]3CC(O)C[C@H]3C2)C1.O=CO. The van der Waals surface area contributed by atoms with Crippen LogP contribution in [0.2, 0.25) is 0 Å². The number of fused-ring (bicyclic) bond motifs is 1. The summed E-state index contributed by atoms with van der Waals surface area (Å²) in [5.41, 5.74) is 0.697. The third-order valence-electron chi connectivity index (χ3n) is 6.98. The number of aliphatic hydroxyl groups is 1. The molecule has 0 radical (unpaired) electrons. The lowest BCUT2D eigenvalue weighted by Crippen LogP contribution is -2.44. The van der Waals surface area contributed by atoms with Crippen LogP contribution in [0, 0.1) is 23.6 Å². The Kier molecular flexibility index (Phi) is 9.23. The molecule has 3 aliphatic rings. The fraction of sp³-hybridized carbons (Fsp3) is 0.625. The number of nitrogens with one attached hydrogen (secondary N) is 2. The highest BCUT2D eigenvalue weighted by Gasteiger charge is 2.43. The van der Waals surface area contributed by atoms with Crippen molar-refractivity contribution in [3.8, 4) is 0 Å². The van der Waals surface area contributed by atoms with Gasteiger partial charge in [-0.1, -0.05) is 0 Å². The van der Waals surface area contributed by atoms with Gasteiger partial charge >= 0.3 is 0 Å². The van der Waals surface area contributed by atoms with E-state index in [0.29, 0.717) is 30.6 Å². The van der Waals surface area contributed by atoms with Crippen molar-refractivity contribution in [1.29, 1.82) is 0 Å². The van der Waals surface area contributed by atoms with Gasteiger partial charge in [0.2, 0.25) is 11.8 Å². The van der Waals surface area contributed by atoms with Crippen molar-refractivity contribution in [2.24, 2.45) is 17.8 Å². The molecule has 2 saturated heterocycles. The number of hydrogen-bond acceptors (Lipinski definition) is 6. The molecular weight excluding hydrogens is 443 g/mol. The van der Waals surface area contributed by atoms with Crippen LogP contribution >= 0.6 is 0 Å². The van der Waals surface area contributed by atoms with Crippen LogP contribution in [-0.2, 0) is 14.4 Å². The van der Waals surface area contributed by atoms with E-state index in [2.05, 4.69) is 15.5 Å². The maximum Gasteiger partial charge on any atom is 0.290 e. The van der Waals surface area contributed by atoms with E-state index in [4.69, 9.17) is 9.90 Å². The zero-order valence-electron chi connectivity index (χ0n) is 19.5. The van der Waals surface area contributed by atoms with E-state index in [1.807, 2.05) is 11.9 Å². The van der Waals surface area contributed by atoms with Gasteiger partial charge in [-0.25, -0.2) is 4.39 Å². The fourth-order valence-corrected chi connectivity index (χ4v) is 5.47. The second kappa shape index (κ2) is 12.1. The first-order chi connectivity index (χ1) is 16.3. The Morgan fingerprint density at radius 3 is 2.32 bits per heavy atom. The Morgan fingerprint density at radius 2 is 1.71 bits per heavy atom. The third kappa shape index (κ3) is 7.14. The normalized spacial score (nSPS) is 28.8. The minimum Gasteiger partial charge on any atom is -0.483 e. The number of aliphatic hydroxyl groups excluding tert-OH is 1. The summed E-state index contributed by atoms with van der Waals surface area (Å²) in [6, 6.07) is 5.91. The maximum atomic E-state index is 13.1. The predicted octanol–water partition coefficient (Wildman–Crippen LogP) is 0.994. The molecule has 3 fully saturated rings. The molecule has 4 N–H and O–H groups in total. The van der Waals surface area contributed by atoms with Crippen LogP contribution in [0.1, 0.15) is 25.7 Å². The first-order valence-electron chi connectivity index (χ1n) is 11.8. The molecule has 0 aromatic heterocycles. The van der Waals surface area contributed by atoms with Crippen LogP contribution in [0.3, 0.4) is 0 Å². The van der Waals surface area contributed by atoms with Gasteiger partial charge in [0.25, 0.3) is 6.47 Å². The highest BCUT2D eigenvalue weighted by atomic mass is 19.1. The zero-order chi connectivity index (χ0) is 24.7. The second-order valence-corrected chi connectivity index (χ2v) is 9.61. The largest absolute Gasteiger partial charge is 0.483 e. The molecule has 1 aliphatic carbocycles. The average Bonchev–Trinajstić information content (AvgIpc) is 3.27. The monoisotopic (exact) mass is 478 g/mol. The molecule has 2 heterocycles. The van der Waals surface area contributed by atoms with Crippen LogP contribution in [0.5, 0.6) is 0 Å². The van der Waals surface area contributed by atoms with Crippen LogP contribution in [-0.4, -0.2) is 90.2 Å². The average molecular weight is 479 g/mol. The minimum atomic E-state index is -0.310. The summed E-state index contributed by atoms with van der Waals surface area (Å²) in [6.07, 6.45) is 2.97. The van der Waals surface area contributed by atoms with Crippen LogP contribution in [0.25, 0.3) is 0 Å². The number of halogens is 1. The topological polar surface area (TPSA) is 122 Å². The van der Waals surface area contributed by atoms with Gasteiger partial charge in [0.15, 0.2) is 0 Å². The van der Waals surface area contributed by atoms with Crippen LogP contribution in [0.15, 0.2) is 24.3 Å². The van der Waals surface area contributed by atoms with Crippen molar-refractivity contribution < 1.29 is 29.0 Å². The van der Waals surface area contributed by atoms with E-state index >= 15 is 0 Å². The first kappa shape index (κ1) is 25.9. The van der Waals surface area contributed by atoms with E-state index in [9.17, 15) is 19.1 Å². The molecule has 9 nitrogen and oxygen atoms in total. The lowest BCUT2D eigenvalue weighted by Gasteiger charge is -2.25. The van der Waals surface area contributed by atoms with E-state index in [0.717, 1.165) is 38.8 Å². The zero-order valence-corrected chi connectivity index (χ0v) is 19.5. The van der Waals surface area contributed by atoms with Gasteiger partial charge in [-0.3, -0.25) is 14.4 Å². The lowest BCUT2D eigenvalue weighted by molar-refractivity contribution is -0.135. The summed E-state index contributed by atoms with van der Waals surface area (Å²) >= 11 is 0. The number of amides is 2. The van der Waals surface area contributed by atoms with Crippen LogP contribution < -0.4 is 10.6 Å². The molecule has 1 aromatic carbocycles. The highest BCUT2D eigenvalue weighted by Crippen LogP contribution is 2.38. The third-order valence-corrected chi connectivity index (χ3v) is 6.98. The maximum absolute atomic E-state index is 13.1. The van der Waals surface area contributed by atoms with Crippen molar-refractivity contribution in [2.45, 2.75) is 37.8 Å². The molecule has 5 atom stereocenters. The molecule has 188 valence electrons. The number of benzene rings is 1. The molecule has 2 amide bonds. The van der Waals surface area contributed by atoms with Gasteiger partial charge in [0.1, 0.15) is 5.82 Å². The van der Waals surface area contributed by atoms with Crippen molar-refractivity contribution in [3.05, 3.63) is 30.1 Å². The van der Waals surface area contributed by atoms with Crippen molar-refractivity contribution in [2.75, 3.05) is 45.1 Å². The molecule has 10 heteroatoms. The van der Waals surface area contributed by atoms with Gasteiger partial charge in [0.05, 0.1) is 18.6 Å². The van der Waals surface area contributed by atoms with Gasteiger partial charge < -0.3 is 30.6 Å². The summed E-state index contributed by atoms with van der Waals surface area (Å²) in [5.74, 6) is 0.647. The highest BCUT2D eigenvalue weighted by molar-refractivity contribution is 5.81. The number of nitrogens with zero attached hydrogens (tertiary/aromatic N) is 2. The van der Waals surface area contributed by atoms with E-state index < -0.39 is 0 Å². The lowest BCUT2D eigenvalue weighted by atomic mass is 10.00. The van der Waals surface area contributed by atoms with Gasteiger partial charge in [-0.2, -0.15) is 0 Å². The smallest absolute Gasteiger partial charge is 0.290 e. The Hall–Kier alpha value is -2.72. The van der Waals surface area contributed by atoms with E-state index in [-0.39, 0.29) is 48.7 Å². The number of carbonyl (C=O) groups is 3. The Labute approximate surface area is 199 Å². The standard InChI is InChI=1S/C23H33FN4O3.CH2O2/c1-27-11-15(23(31)28-12-16-8-21(29)9-17(16)13-28)2-5-20(14-27)26-22(30)10-25-19-6-3-18(24)4-7-19;2-1-3/h3-4,6-7,15-17,20-21,25,29H,2,5,8-14H2,1H3,(H,26,30);1H,(H,2,3)/t15-,16-,17+,20+,21?;/m1./s1. The summed E-state index contributed by atoms with van der Waals surface area (Å²) < 4.78 is 13.0. The Bertz CT molecular complexity index is 825. The number of likely N-dealkylation sites (N-methyl/N-ethyl adjacent to an activating group) is 1. The molecule has 0 spiro atoms. The van der Waals surface area contributed by atoms with Gasteiger partial charge in [0, 0.05) is 37.9 Å². The number of carbonyl (C=O) groups excluding carboxylic acids is 2. The van der Waals surface area contributed by atoms with Crippen molar-refractivity contribution >= 4 is 24.0 Å². The Morgan fingerprint density at radius 1 is 1.09 bits per heavy atom. The van der Waals surface area contributed by atoms with Gasteiger partial charge in [-0.15, -0.1) is 0 Å². The molecule has 0 bridgehead atoms. The summed E-state index contributed by atoms with van der Waals surface area (Å²) in [5, 5.41) is 22.8. The molecule has 1 unspecified atom stereocenters.